The van der Waals surface area contributed by atoms with E-state index in [1.165, 1.54) is 7.11 Å². The van der Waals surface area contributed by atoms with Crippen LogP contribution in [0.15, 0.2) is 30.3 Å². The number of hydrogen-bond acceptors (Lipinski definition) is 4. The molecule has 0 saturated heterocycles. The Morgan fingerprint density at radius 2 is 1.81 bits per heavy atom. The van der Waals surface area contributed by atoms with E-state index < -0.39 is 12.0 Å². The van der Waals surface area contributed by atoms with E-state index in [4.69, 9.17) is 5.73 Å². The zero-order valence-corrected chi connectivity index (χ0v) is 13.4. The maximum absolute atomic E-state index is 12.0. The summed E-state index contributed by atoms with van der Waals surface area (Å²) in [6.45, 7) is 3.69. The number of carbonyl (C=O) groups excluding carboxylic acids is 2. The number of methoxy groups -OCH3 is 1. The minimum atomic E-state index is -0.643. The topological polar surface area (TPSA) is 81.4 Å². The second-order valence-corrected chi connectivity index (χ2v) is 5.03. The summed E-state index contributed by atoms with van der Waals surface area (Å²) in [6.07, 6.45) is 0.129. The van der Waals surface area contributed by atoms with Crippen molar-refractivity contribution in [3.8, 4) is 0 Å². The highest BCUT2D eigenvalue weighted by molar-refractivity contribution is 5.85. The summed E-state index contributed by atoms with van der Waals surface area (Å²) in [7, 11) is 1.31. The van der Waals surface area contributed by atoms with E-state index in [1.807, 2.05) is 44.2 Å². The fourth-order valence-electron chi connectivity index (χ4n) is 1.87. The van der Waals surface area contributed by atoms with Crippen molar-refractivity contribution in [2.24, 2.45) is 11.7 Å². The minimum absolute atomic E-state index is 0. The smallest absolute Gasteiger partial charge is 0.328 e. The molecule has 0 aliphatic rings. The molecule has 0 aliphatic heterocycles. The number of amides is 1. The van der Waals surface area contributed by atoms with Gasteiger partial charge in [0, 0.05) is 12.5 Å². The molecule has 2 atom stereocenters. The van der Waals surface area contributed by atoms with Gasteiger partial charge in [0.15, 0.2) is 0 Å². The van der Waals surface area contributed by atoms with Crippen LogP contribution in [0, 0.1) is 5.92 Å². The summed E-state index contributed by atoms with van der Waals surface area (Å²) >= 11 is 0. The first-order valence-electron chi connectivity index (χ1n) is 6.63. The average molecular weight is 315 g/mol. The summed E-state index contributed by atoms with van der Waals surface area (Å²) in [6, 6.07) is 8.35. The van der Waals surface area contributed by atoms with Crippen LogP contribution in [0.2, 0.25) is 0 Å². The van der Waals surface area contributed by atoms with E-state index in [9.17, 15) is 9.59 Å². The largest absolute Gasteiger partial charge is 0.467 e. The summed E-state index contributed by atoms with van der Waals surface area (Å²) in [5.41, 5.74) is 6.87. The first-order chi connectivity index (χ1) is 9.45. The second kappa shape index (κ2) is 9.37. The van der Waals surface area contributed by atoms with Crippen molar-refractivity contribution >= 4 is 24.3 Å². The second-order valence-electron chi connectivity index (χ2n) is 5.03. The normalized spacial score (nSPS) is 13.0. The van der Waals surface area contributed by atoms with Crippen LogP contribution in [-0.2, 0) is 14.3 Å². The molecule has 1 aromatic rings. The van der Waals surface area contributed by atoms with Crippen LogP contribution in [0.4, 0.5) is 0 Å². The van der Waals surface area contributed by atoms with E-state index in [2.05, 4.69) is 10.1 Å². The molecule has 0 saturated carbocycles. The summed E-state index contributed by atoms with van der Waals surface area (Å²) in [5.74, 6) is -0.744. The monoisotopic (exact) mass is 314 g/mol. The van der Waals surface area contributed by atoms with Gasteiger partial charge in [-0.3, -0.25) is 4.79 Å². The van der Waals surface area contributed by atoms with Crippen molar-refractivity contribution in [1.29, 1.82) is 0 Å². The molecule has 1 amide bonds. The van der Waals surface area contributed by atoms with Crippen LogP contribution in [0.1, 0.15) is 31.9 Å². The molecule has 0 spiro atoms. The van der Waals surface area contributed by atoms with Crippen LogP contribution in [-0.4, -0.2) is 25.0 Å². The van der Waals surface area contributed by atoms with Gasteiger partial charge in [0.2, 0.25) is 5.91 Å². The Hall–Kier alpha value is -1.59. The van der Waals surface area contributed by atoms with Crippen LogP contribution < -0.4 is 11.1 Å². The Bertz CT molecular complexity index is 451. The summed E-state index contributed by atoms with van der Waals surface area (Å²) in [4.78, 5) is 23.5. The third kappa shape index (κ3) is 6.14. The molecular weight excluding hydrogens is 292 g/mol. The van der Waals surface area contributed by atoms with Gasteiger partial charge in [0.05, 0.1) is 7.11 Å². The van der Waals surface area contributed by atoms with Gasteiger partial charge >= 0.3 is 5.97 Å². The van der Waals surface area contributed by atoms with Gasteiger partial charge in [-0.05, 0) is 11.5 Å². The fourth-order valence-corrected chi connectivity index (χ4v) is 1.87. The van der Waals surface area contributed by atoms with Crippen molar-refractivity contribution in [3.63, 3.8) is 0 Å². The van der Waals surface area contributed by atoms with Gasteiger partial charge in [-0.25, -0.2) is 4.79 Å². The van der Waals surface area contributed by atoms with Gasteiger partial charge in [0.25, 0.3) is 0 Å². The molecule has 1 aromatic carbocycles. The van der Waals surface area contributed by atoms with E-state index >= 15 is 0 Å². The lowest BCUT2D eigenvalue weighted by atomic mass is 10.0. The molecule has 1 rings (SSSR count). The molecule has 0 heterocycles. The Balaban J connectivity index is 0.00000400. The molecule has 0 fully saturated rings. The van der Waals surface area contributed by atoms with Gasteiger partial charge in [-0.2, -0.15) is 0 Å². The molecule has 3 N–H and O–H groups in total. The van der Waals surface area contributed by atoms with Crippen LogP contribution in [0.5, 0.6) is 0 Å². The van der Waals surface area contributed by atoms with Crippen LogP contribution in [0.25, 0.3) is 0 Å². The van der Waals surface area contributed by atoms with Crippen LogP contribution >= 0.6 is 12.4 Å². The third-order valence-corrected chi connectivity index (χ3v) is 3.07. The highest BCUT2D eigenvalue weighted by atomic mass is 35.5. The molecule has 6 heteroatoms. The van der Waals surface area contributed by atoms with Crippen molar-refractivity contribution in [1.82, 2.24) is 5.32 Å². The van der Waals surface area contributed by atoms with Gasteiger partial charge < -0.3 is 15.8 Å². The minimum Gasteiger partial charge on any atom is -0.467 e. The Kier molecular flexibility index (Phi) is 8.66. The zero-order chi connectivity index (χ0) is 15.1. The molecule has 2 unspecified atom stereocenters. The van der Waals surface area contributed by atoms with Crippen molar-refractivity contribution in [2.45, 2.75) is 32.4 Å². The van der Waals surface area contributed by atoms with Gasteiger partial charge in [-0.15, -0.1) is 12.4 Å². The van der Waals surface area contributed by atoms with Gasteiger partial charge in [-0.1, -0.05) is 44.2 Å². The lowest BCUT2D eigenvalue weighted by Gasteiger charge is -2.21. The number of benzene rings is 1. The molecule has 0 aliphatic carbocycles. The number of carbonyl (C=O) groups is 2. The number of halogens is 1. The predicted octanol–water partition coefficient (Wildman–Crippen LogP) is 1.81. The summed E-state index contributed by atoms with van der Waals surface area (Å²) < 4.78 is 4.68. The summed E-state index contributed by atoms with van der Waals surface area (Å²) in [5, 5.41) is 2.67. The zero-order valence-electron chi connectivity index (χ0n) is 12.5. The molecule has 0 bridgehead atoms. The van der Waals surface area contributed by atoms with Crippen molar-refractivity contribution in [2.75, 3.05) is 7.11 Å². The average Bonchev–Trinajstić information content (AvgIpc) is 2.44. The van der Waals surface area contributed by atoms with Gasteiger partial charge in [0.1, 0.15) is 6.04 Å². The Morgan fingerprint density at radius 3 is 2.29 bits per heavy atom. The van der Waals surface area contributed by atoms with E-state index in [-0.39, 0.29) is 36.7 Å². The number of rotatable bonds is 6. The lowest BCUT2D eigenvalue weighted by molar-refractivity contribution is -0.146. The van der Waals surface area contributed by atoms with Crippen LogP contribution in [0.3, 0.4) is 0 Å². The SMILES string of the molecule is COC(=O)C(NC(=O)CC(N)c1ccccc1)C(C)C.Cl. The first kappa shape index (κ1) is 19.4. The predicted molar refractivity (Wildman–Crippen MR) is 84.0 cm³/mol. The molecular formula is C15H23ClN2O3. The number of ether oxygens (including phenoxy) is 1. The third-order valence-electron chi connectivity index (χ3n) is 3.07. The van der Waals surface area contributed by atoms with Crippen molar-refractivity contribution in [3.05, 3.63) is 35.9 Å². The molecule has 118 valence electrons. The maximum Gasteiger partial charge on any atom is 0.328 e. The Morgan fingerprint density at radius 1 is 1.24 bits per heavy atom. The number of nitrogens with two attached hydrogens (primary N) is 1. The van der Waals surface area contributed by atoms with E-state index in [0.29, 0.717) is 0 Å². The maximum atomic E-state index is 12.0. The highest BCUT2D eigenvalue weighted by Crippen LogP contribution is 2.13. The number of nitrogens with one attached hydrogen (secondary N) is 1. The number of hydrogen-bond donors (Lipinski definition) is 2. The van der Waals surface area contributed by atoms with E-state index in [1.54, 1.807) is 0 Å². The molecule has 0 aromatic heterocycles. The molecule has 0 radical (unpaired) electrons. The quantitative estimate of drug-likeness (QED) is 0.785. The Labute approximate surface area is 131 Å². The molecule has 21 heavy (non-hydrogen) atoms. The highest BCUT2D eigenvalue weighted by Gasteiger charge is 2.25. The molecule has 5 nitrogen and oxygen atoms in total. The number of esters is 1. The first-order valence-corrected chi connectivity index (χ1v) is 6.63. The van der Waals surface area contributed by atoms with Crippen molar-refractivity contribution < 1.29 is 14.3 Å². The standard InChI is InChI=1S/C15H22N2O3.ClH/c1-10(2)14(15(19)20-3)17-13(18)9-12(16)11-7-5-4-6-8-11;/h4-8,10,12,14H,9,16H2,1-3H3,(H,17,18);1H. The fraction of sp³-hybridized carbons (Fsp3) is 0.467. The van der Waals surface area contributed by atoms with E-state index in [0.717, 1.165) is 5.56 Å². The lowest BCUT2D eigenvalue weighted by Crippen LogP contribution is -2.45.